The standard InChI is InChI=1S/C13H24N2O2S.ClH/c1-11-8-15(6-5-14-11)13(16)10-18-9-12-4-2-3-7-17-12;/h11-12,14H,2-10H2,1H3;1H. The first-order valence-corrected chi connectivity index (χ1v) is 8.11. The molecule has 0 spiro atoms. The fourth-order valence-corrected chi connectivity index (χ4v) is 3.47. The van der Waals surface area contributed by atoms with Gasteiger partial charge < -0.3 is 15.0 Å². The molecule has 0 aliphatic carbocycles. The van der Waals surface area contributed by atoms with Gasteiger partial charge in [-0.3, -0.25) is 4.79 Å². The van der Waals surface area contributed by atoms with E-state index in [1.807, 2.05) is 4.90 Å². The minimum atomic E-state index is 0. The number of rotatable bonds is 4. The Bertz CT molecular complexity index is 275. The predicted octanol–water partition coefficient (Wildman–Crippen LogP) is 1.53. The normalized spacial score (nSPS) is 27.7. The highest BCUT2D eigenvalue weighted by Gasteiger charge is 2.21. The SMILES string of the molecule is CC1CN(C(=O)CSCC2CCCCO2)CCN1.Cl. The number of amides is 1. The van der Waals surface area contributed by atoms with Crippen LogP contribution in [0.3, 0.4) is 0 Å². The predicted molar refractivity (Wildman–Crippen MR) is 82.2 cm³/mol. The Morgan fingerprint density at radius 1 is 1.47 bits per heavy atom. The van der Waals surface area contributed by atoms with Gasteiger partial charge in [0, 0.05) is 38.0 Å². The van der Waals surface area contributed by atoms with E-state index in [9.17, 15) is 4.79 Å². The van der Waals surface area contributed by atoms with Crippen LogP contribution in [0.25, 0.3) is 0 Å². The molecule has 0 saturated carbocycles. The molecular formula is C13H25ClN2O2S. The molecule has 2 saturated heterocycles. The molecule has 0 radical (unpaired) electrons. The summed E-state index contributed by atoms with van der Waals surface area (Å²) in [5, 5.41) is 3.35. The second-order valence-electron chi connectivity index (χ2n) is 5.20. The molecule has 2 heterocycles. The van der Waals surface area contributed by atoms with Crippen molar-refractivity contribution in [2.24, 2.45) is 0 Å². The van der Waals surface area contributed by atoms with Crippen molar-refractivity contribution in [1.29, 1.82) is 0 Å². The Balaban J connectivity index is 0.00000180. The molecular weight excluding hydrogens is 284 g/mol. The first-order chi connectivity index (χ1) is 8.75. The summed E-state index contributed by atoms with van der Waals surface area (Å²) in [7, 11) is 0. The van der Waals surface area contributed by atoms with Crippen LogP contribution in [0.1, 0.15) is 26.2 Å². The third kappa shape index (κ3) is 5.90. The summed E-state index contributed by atoms with van der Waals surface area (Å²) in [5.41, 5.74) is 0. The Kier molecular flexibility index (Phi) is 8.14. The van der Waals surface area contributed by atoms with E-state index in [0.717, 1.165) is 38.4 Å². The van der Waals surface area contributed by atoms with Crippen LogP contribution in [0.15, 0.2) is 0 Å². The van der Waals surface area contributed by atoms with Gasteiger partial charge in [0.15, 0.2) is 0 Å². The van der Waals surface area contributed by atoms with E-state index in [0.29, 0.717) is 17.9 Å². The third-order valence-electron chi connectivity index (χ3n) is 3.52. The number of carbonyl (C=O) groups excluding carboxylic acids is 1. The summed E-state index contributed by atoms with van der Waals surface area (Å²) >= 11 is 1.73. The number of thioether (sulfide) groups is 1. The van der Waals surface area contributed by atoms with Gasteiger partial charge in [-0.15, -0.1) is 24.2 Å². The van der Waals surface area contributed by atoms with Crippen LogP contribution < -0.4 is 5.32 Å². The fourth-order valence-electron chi connectivity index (χ4n) is 2.47. The largest absolute Gasteiger partial charge is 0.377 e. The summed E-state index contributed by atoms with van der Waals surface area (Å²) in [5.74, 6) is 1.85. The Morgan fingerprint density at radius 2 is 2.32 bits per heavy atom. The lowest BCUT2D eigenvalue weighted by molar-refractivity contribution is -0.129. The van der Waals surface area contributed by atoms with Gasteiger partial charge in [-0.1, -0.05) is 0 Å². The topological polar surface area (TPSA) is 41.6 Å². The maximum absolute atomic E-state index is 12.0. The molecule has 2 rings (SSSR count). The van der Waals surface area contributed by atoms with Crippen LogP contribution in [0.4, 0.5) is 0 Å². The molecule has 0 aromatic rings. The van der Waals surface area contributed by atoms with Crippen molar-refractivity contribution in [3.05, 3.63) is 0 Å². The molecule has 6 heteroatoms. The van der Waals surface area contributed by atoms with Gasteiger partial charge in [0.1, 0.15) is 0 Å². The average Bonchev–Trinajstić information content (AvgIpc) is 2.40. The first kappa shape index (κ1) is 17.1. The Hall–Kier alpha value is 0.0300. The molecule has 1 N–H and O–H groups in total. The van der Waals surface area contributed by atoms with E-state index >= 15 is 0 Å². The Morgan fingerprint density at radius 3 is 3.00 bits per heavy atom. The van der Waals surface area contributed by atoms with Gasteiger partial charge in [0.2, 0.25) is 5.91 Å². The van der Waals surface area contributed by atoms with Crippen LogP contribution in [-0.2, 0) is 9.53 Å². The van der Waals surface area contributed by atoms with Crippen molar-refractivity contribution < 1.29 is 9.53 Å². The lowest BCUT2D eigenvalue weighted by Crippen LogP contribution is -2.51. The molecule has 1 amide bonds. The lowest BCUT2D eigenvalue weighted by Gasteiger charge is -2.32. The van der Waals surface area contributed by atoms with Crippen molar-refractivity contribution in [2.45, 2.75) is 38.3 Å². The maximum Gasteiger partial charge on any atom is 0.232 e. The van der Waals surface area contributed by atoms with Gasteiger partial charge in [-0.05, 0) is 26.2 Å². The fraction of sp³-hybridized carbons (Fsp3) is 0.923. The Labute approximate surface area is 126 Å². The van der Waals surface area contributed by atoms with E-state index < -0.39 is 0 Å². The molecule has 19 heavy (non-hydrogen) atoms. The molecule has 4 nitrogen and oxygen atoms in total. The maximum atomic E-state index is 12.0. The number of halogens is 1. The van der Waals surface area contributed by atoms with Crippen molar-refractivity contribution in [3.63, 3.8) is 0 Å². The number of piperazine rings is 1. The molecule has 0 aromatic carbocycles. The second-order valence-corrected chi connectivity index (χ2v) is 6.23. The van der Waals surface area contributed by atoms with Gasteiger partial charge in [0.05, 0.1) is 11.9 Å². The molecule has 0 aromatic heterocycles. The average molecular weight is 309 g/mol. The second kappa shape index (κ2) is 9.06. The van der Waals surface area contributed by atoms with Crippen LogP contribution in [0.2, 0.25) is 0 Å². The summed E-state index contributed by atoms with van der Waals surface area (Å²) in [4.78, 5) is 14.0. The molecule has 0 bridgehead atoms. The van der Waals surface area contributed by atoms with Crippen LogP contribution in [-0.4, -0.2) is 60.7 Å². The first-order valence-electron chi connectivity index (χ1n) is 6.96. The number of nitrogens with one attached hydrogen (secondary N) is 1. The molecule has 2 aliphatic heterocycles. The summed E-state index contributed by atoms with van der Waals surface area (Å²) in [6.45, 7) is 5.64. The van der Waals surface area contributed by atoms with E-state index in [1.165, 1.54) is 12.8 Å². The number of ether oxygens (including phenoxy) is 1. The summed E-state index contributed by atoms with van der Waals surface area (Å²) < 4.78 is 5.67. The lowest BCUT2D eigenvalue weighted by atomic mass is 10.1. The van der Waals surface area contributed by atoms with E-state index in [2.05, 4.69) is 12.2 Å². The minimum Gasteiger partial charge on any atom is -0.377 e. The quantitative estimate of drug-likeness (QED) is 0.855. The number of hydrogen-bond acceptors (Lipinski definition) is 4. The zero-order valence-corrected chi connectivity index (χ0v) is 13.2. The van der Waals surface area contributed by atoms with E-state index in [1.54, 1.807) is 11.8 Å². The number of nitrogens with zero attached hydrogens (tertiary/aromatic N) is 1. The zero-order valence-electron chi connectivity index (χ0n) is 11.6. The van der Waals surface area contributed by atoms with Crippen LogP contribution >= 0.6 is 24.2 Å². The van der Waals surface area contributed by atoms with E-state index in [-0.39, 0.29) is 18.3 Å². The third-order valence-corrected chi connectivity index (χ3v) is 4.58. The van der Waals surface area contributed by atoms with Gasteiger partial charge in [-0.25, -0.2) is 0 Å². The highest BCUT2D eigenvalue weighted by Crippen LogP contribution is 2.17. The van der Waals surface area contributed by atoms with Crippen molar-refractivity contribution in [2.75, 3.05) is 37.7 Å². The number of hydrogen-bond donors (Lipinski definition) is 1. The van der Waals surface area contributed by atoms with Gasteiger partial charge in [-0.2, -0.15) is 0 Å². The van der Waals surface area contributed by atoms with Crippen molar-refractivity contribution in [1.82, 2.24) is 10.2 Å². The van der Waals surface area contributed by atoms with Gasteiger partial charge in [0.25, 0.3) is 0 Å². The zero-order chi connectivity index (χ0) is 12.8. The molecule has 2 unspecified atom stereocenters. The smallest absolute Gasteiger partial charge is 0.232 e. The number of carbonyl (C=O) groups is 1. The monoisotopic (exact) mass is 308 g/mol. The van der Waals surface area contributed by atoms with Crippen molar-refractivity contribution >= 4 is 30.1 Å². The highest BCUT2D eigenvalue weighted by molar-refractivity contribution is 7.99. The van der Waals surface area contributed by atoms with Crippen molar-refractivity contribution in [3.8, 4) is 0 Å². The molecule has 2 atom stereocenters. The minimum absolute atomic E-state index is 0. The van der Waals surface area contributed by atoms with E-state index in [4.69, 9.17) is 4.74 Å². The molecule has 112 valence electrons. The molecule has 2 fully saturated rings. The summed E-state index contributed by atoms with van der Waals surface area (Å²) in [6.07, 6.45) is 4.00. The summed E-state index contributed by atoms with van der Waals surface area (Å²) in [6, 6.07) is 0.425. The molecule has 2 aliphatic rings. The van der Waals surface area contributed by atoms with Crippen LogP contribution in [0, 0.1) is 0 Å². The highest BCUT2D eigenvalue weighted by atomic mass is 35.5. The van der Waals surface area contributed by atoms with Crippen LogP contribution in [0.5, 0.6) is 0 Å². The van der Waals surface area contributed by atoms with Gasteiger partial charge >= 0.3 is 0 Å².